The summed E-state index contributed by atoms with van der Waals surface area (Å²) in [5.74, 6) is 2.42. The average molecular weight is 250 g/mol. The topological polar surface area (TPSA) is 47.7 Å². The summed E-state index contributed by atoms with van der Waals surface area (Å²) in [5.41, 5.74) is 6.89. The summed E-state index contributed by atoms with van der Waals surface area (Å²) in [7, 11) is 5.45. The van der Waals surface area contributed by atoms with E-state index in [1.807, 2.05) is 18.2 Å². The Morgan fingerprint density at radius 2 is 2.00 bits per heavy atom. The molecule has 0 radical (unpaired) electrons. The third-order valence-corrected chi connectivity index (χ3v) is 3.60. The predicted molar refractivity (Wildman–Crippen MR) is 73.5 cm³/mol. The molecule has 2 N–H and O–H groups in total. The number of nitrogens with two attached hydrogens (primary N) is 1. The van der Waals surface area contributed by atoms with Gasteiger partial charge in [0, 0.05) is 25.7 Å². The van der Waals surface area contributed by atoms with Crippen LogP contribution in [0.1, 0.15) is 12.8 Å². The second-order valence-corrected chi connectivity index (χ2v) is 5.02. The summed E-state index contributed by atoms with van der Waals surface area (Å²) >= 11 is 0. The van der Waals surface area contributed by atoms with Gasteiger partial charge in [-0.25, -0.2) is 0 Å². The Labute approximate surface area is 109 Å². The van der Waals surface area contributed by atoms with Gasteiger partial charge in [0.2, 0.25) is 0 Å². The van der Waals surface area contributed by atoms with Crippen LogP contribution < -0.4 is 20.1 Å². The summed E-state index contributed by atoms with van der Waals surface area (Å²) in [6.07, 6.45) is 2.24. The van der Waals surface area contributed by atoms with Crippen molar-refractivity contribution in [2.75, 3.05) is 32.7 Å². The quantitative estimate of drug-likeness (QED) is 0.866. The van der Waals surface area contributed by atoms with E-state index < -0.39 is 0 Å². The van der Waals surface area contributed by atoms with Crippen molar-refractivity contribution in [3.05, 3.63) is 18.2 Å². The molecule has 1 aliphatic rings. The van der Waals surface area contributed by atoms with Gasteiger partial charge in [-0.2, -0.15) is 0 Å². The van der Waals surface area contributed by atoms with E-state index in [2.05, 4.69) is 11.9 Å². The molecule has 0 heterocycles. The van der Waals surface area contributed by atoms with E-state index in [0.717, 1.165) is 36.6 Å². The van der Waals surface area contributed by atoms with Crippen LogP contribution >= 0.6 is 0 Å². The molecule has 1 fully saturated rings. The first-order valence-corrected chi connectivity index (χ1v) is 6.32. The van der Waals surface area contributed by atoms with Crippen molar-refractivity contribution >= 4 is 5.69 Å². The van der Waals surface area contributed by atoms with E-state index in [-0.39, 0.29) is 0 Å². The van der Waals surface area contributed by atoms with Gasteiger partial charge in [0.05, 0.1) is 19.9 Å². The predicted octanol–water partition coefficient (Wildman–Crippen LogP) is 1.88. The second-order valence-electron chi connectivity index (χ2n) is 5.02. The van der Waals surface area contributed by atoms with Gasteiger partial charge < -0.3 is 20.1 Å². The summed E-state index contributed by atoms with van der Waals surface area (Å²) in [6, 6.07) is 6.26. The van der Waals surface area contributed by atoms with Gasteiger partial charge in [-0.1, -0.05) is 0 Å². The summed E-state index contributed by atoms with van der Waals surface area (Å²) in [6.45, 7) is 1.01. The number of rotatable bonds is 5. The average Bonchev–Trinajstić information content (AvgIpc) is 2.36. The molecular formula is C14H22N2O2. The van der Waals surface area contributed by atoms with E-state index in [0.29, 0.717) is 12.0 Å². The van der Waals surface area contributed by atoms with Crippen LogP contribution in [0.2, 0.25) is 0 Å². The number of nitrogens with zero attached hydrogens (tertiary/aromatic N) is 1. The zero-order valence-corrected chi connectivity index (χ0v) is 11.3. The minimum Gasteiger partial charge on any atom is -0.497 e. The van der Waals surface area contributed by atoms with Crippen LogP contribution in [0.25, 0.3) is 0 Å². The maximum Gasteiger partial charge on any atom is 0.142 e. The van der Waals surface area contributed by atoms with Crippen molar-refractivity contribution in [3.63, 3.8) is 0 Å². The van der Waals surface area contributed by atoms with Gasteiger partial charge in [-0.05, 0) is 30.9 Å². The first-order chi connectivity index (χ1) is 8.63. The van der Waals surface area contributed by atoms with E-state index in [9.17, 15) is 0 Å². The molecule has 0 amide bonds. The highest BCUT2D eigenvalue weighted by Gasteiger charge is 2.27. The molecule has 0 spiro atoms. The Balaban J connectivity index is 2.09. The van der Waals surface area contributed by atoms with Crippen LogP contribution in [-0.2, 0) is 0 Å². The lowest BCUT2D eigenvalue weighted by Crippen LogP contribution is -2.41. The number of benzene rings is 1. The fourth-order valence-corrected chi connectivity index (χ4v) is 2.52. The summed E-state index contributed by atoms with van der Waals surface area (Å²) < 4.78 is 10.7. The Morgan fingerprint density at radius 3 is 2.56 bits per heavy atom. The highest BCUT2D eigenvalue weighted by atomic mass is 16.5. The normalized spacial score (nSPS) is 22.2. The van der Waals surface area contributed by atoms with Crippen LogP contribution in [-0.4, -0.2) is 33.9 Å². The van der Waals surface area contributed by atoms with Crippen LogP contribution in [0.4, 0.5) is 5.69 Å². The molecule has 0 aliphatic heterocycles. The molecule has 0 unspecified atom stereocenters. The highest BCUT2D eigenvalue weighted by molar-refractivity contribution is 5.61. The van der Waals surface area contributed by atoms with Crippen molar-refractivity contribution in [3.8, 4) is 11.5 Å². The van der Waals surface area contributed by atoms with E-state index >= 15 is 0 Å². The zero-order chi connectivity index (χ0) is 13.1. The first kappa shape index (κ1) is 13.0. The molecule has 18 heavy (non-hydrogen) atoms. The minimum absolute atomic E-state index is 0.399. The lowest BCUT2D eigenvalue weighted by atomic mass is 9.80. The van der Waals surface area contributed by atoms with Crippen molar-refractivity contribution in [2.24, 2.45) is 11.7 Å². The van der Waals surface area contributed by atoms with Crippen molar-refractivity contribution in [2.45, 2.75) is 18.9 Å². The van der Waals surface area contributed by atoms with Crippen LogP contribution in [0, 0.1) is 5.92 Å². The maximum absolute atomic E-state index is 5.82. The van der Waals surface area contributed by atoms with Crippen LogP contribution in [0.3, 0.4) is 0 Å². The molecule has 0 atom stereocenters. The minimum atomic E-state index is 0.399. The van der Waals surface area contributed by atoms with E-state index in [1.165, 1.54) is 0 Å². The number of methoxy groups -OCH3 is 2. The van der Waals surface area contributed by atoms with Gasteiger partial charge in [0.25, 0.3) is 0 Å². The number of hydrogen-bond donors (Lipinski definition) is 1. The SMILES string of the molecule is COc1ccc(OC)c(N(C)CC2CC(N)C2)c1. The molecule has 4 nitrogen and oxygen atoms in total. The Morgan fingerprint density at radius 1 is 1.28 bits per heavy atom. The molecule has 100 valence electrons. The first-order valence-electron chi connectivity index (χ1n) is 6.32. The number of anilines is 1. The third-order valence-electron chi connectivity index (χ3n) is 3.60. The number of ether oxygens (including phenoxy) is 2. The monoisotopic (exact) mass is 250 g/mol. The Kier molecular flexibility index (Phi) is 3.97. The molecule has 1 aromatic carbocycles. The fraction of sp³-hybridized carbons (Fsp3) is 0.571. The fourth-order valence-electron chi connectivity index (χ4n) is 2.52. The zero-order valence-electron chi connectivity index (χ0n) is 11.3. The largest absolute Gasteiger partial charge is 0.497 e. The molecule has 4 heteroatoms. The molecule has 0 saturated heterocycles. The van der Waals surface area contributed by atoms with Gasteiger partial charge in [0.1, 0.15) is 11.5 Å². The molecule has 0 bridgehead atoms. The van der Waals surface area contributed by atoms with Gasteiger partial charge in [-0.3, -0.25) is 0 Å². The second kappa shape index (κ2) is 5.48. The standard InChI is InChI=1S/C14H22N2O2/c1-16(9-10-6-11(15)7-10)13-8-12(17-2)4-5-14(13)18-3/h4-5,8,10-11H,6-7,9,15H2,1-3H3. The molecule has 1 saturated carbocycles. The molecule has 2 rings (SSSR count). The van der Waals surface area contributed by atoms with Crippen molar-refractivity contribution in [1.29, 1.82) is 0 Å². The van der Waals surface area contributed by atoms with Crippen molar-refractivity contribution < 1.29 is 9.47 Å². The molecule has 1 aromatic rings. The smallest absolute Gasteiger partial charge is 0.142 e. The summed E-state index contributed by atoms with van der Waals surface area (Å²) in [4.78, 5) is 2.22. The highest BCUT2D eigenvalue weighted by Crippen LogP contribution is 2.34. The summed E-state index contributed by atoms with van der Waals surface area (Å²) in [5, 5.41) is 0. The number of hydrogen-bond acceptors (Lipinski definition) is 4. The van der Waals surface area contributed by atoms with E-state index in [1.54, 1.807) is 14.2 Å². The maximum atomic E-state index is 5.82. The third kappa shape index (κ3) is 2.70. The Hall–Kier alpha value is -1.42. The van der Waals surface area contributed by atoms with Gasteiger partial charge >= 0.3 is 0 Å². The lowest BCUT2D eigenvalue weighted by molar-refractivity contribution is 0.270. The molecule has 0 aromatic heterocycles. The van der Waals surface area contributed by atoms with Gasteiger partial charge in [-0.15, -0.1) is 0 Å². The Bertz CT molecular complexity index is 403. The van der Waals surface area contributed by atoms with Crippen LogP contribution in [0.5, 0.6) is 11.5 Å². The van der Waals surface area contributed by atoms with Gasteiger partial charge in [0.15, 0.2) is 0 Å². The molecular weight excluding hydrogens is 228 g/mol. The van der Waals surface area contributed by atoms with E-state index in [4.69, 9.17) is 15.2 Å². The van der Waals surface area contributed by atoms with Crippen LogP contribution in [0.15, 0.2) is 18.2 Å². The lowest BCUT2D eigenvalue weighted by Gasteiger charge is -2.36. The van der Waals surface area contributed by atoms with Crippen molar-refractivity contribution in [1.82, 2.24) is 0 Å². The molecule has 1 aliphatic carbocycles.